The van der Waals surface area contributed by atoms with E-state index in [1.165, 1.54) is 18.1 Å². The molecule has 2 unspecified atom stereocenters. The van der Waals surface area contributed by atoms with Gasteiger partial charge >= 0.3 is 0 Å². The first kappa shape index (κ1) is 9.40. The van der Waals surface area contributed by atoms with E-state index in [-0.39, 0.29) is 0 Å². The van der Waals surface area contributed by atoms with Crippen molar-refractivity contribution in [3.63, 3.8) is 0 Å². The number of rotatable bonds is 1. The zero-order chi connectivity index (χ0) is 8.27. The minimum atomic E-state index is 0.741. The van der Waals surface area contributed by atoms with E-state index in [0.29, 0.717) is 0 Å². The second-order valence-electron chi connectivity index (χ2n) is 3.90. The zero-order valence-corrected chi connectivity index (χ0v) is 8.58. The molecule has 1 fully saturated rings. The van der Waals surface area contributed by atoms with Gasteiger partial charge in [0, 0.05) is 11.8 Å². The van der Waals surface area contributed by atoms with Crippen molar-refractivity contribution in [3.05, 3.63) is 0 Å². The summed E-state index contributed by atoms with van der Waals surface area (Å²) in [5.74, 6) is 4.26. The number of thioether (sulfide) groups is 1. The molecule has 1 aliphatic rings. The minimum Gasteiger partial charge on any atom is -0.313 e. The molecule has 0 aliphatic carbocycles. The van der Waals surface area contributed by atoms with Gasteiger partial charge in [-0.1, -0.05) is 20.8 Å². The molecule has 2 heteroatoms. The summed E-state index contributed by atoms with van der Waals surface area (Å²) in [6, 6.07) is 0.741. The van der Waals surface area contributed by atoms with Gasteiger partial charge in [-0.05, 0) is 24.1 Å². The van der Waals surface area contributed by atoms with E-state index < -0.39 is 0 Å². The van der Waals surface area contributed by atoms with Crippen LogP contribution in [0.25, 0.3) is 0 Å². The van der Waals surface area contributed by atoms with Gasteiger partial charge in [-0.2, -0.15) is 11.8 Å². The van der Waals surface area contributed by atoms with Crippen LogP contribution < -0.4 is 5.32 Å². The summed E-state index contributed by atoms with van der Waals surface area (Å²) >= 11 is 2.10. The van der Waals surface area contributed by atoms with Crippen LogP contribution in [0.4, 0.5) is 0 Å². The first-order valence-corrected chi connectivity index (χ1v) is 5.66. The van der Waals surface area contributed by atoms with E-state index in [4.69, 9.17) is 0 Å². The second-order valence-corrected chi connectivity index (χ2v) is 4.98. The molecule has 0 amide bonds. The molecular formula is C9H19NS. The predicted molar refractivity (Wildman–Crippen MR) is 53.1 cm³/mol. The maximum Gasteiger partial charge on any atom is 0.0181 e. The summed E-state index contributed by atoms with van der Waals surface area (Å²) in [5, 5.41) is 3.61. The van der Waals surface area contributed by atoms with Gasteiger partial charge in [0.1, 0.15) is 0 Å². The molecule has 1 aliphatic heterocycles. The van der Waals surface area contributed by atoms with E-state index in [1.807, 2.05) is 0 Å². The van der Waals surface area contributed by atoms with E-state index in [1.54, 1.807) is 0 Å². The van der Waals surface area contributed by atoms with Crippen LogP contribution in [-0.4, -0.2) is 24.1 Å². The predicted octanol–water partition coefficient (Wildman–Crippen LogP) is 1.98. The maximum absolute atomic E-state index is 3.61. The van der Waals surface area contributed by atoms with Crippen molar-refractivity contribution in [2.75, 3.05) is 18.1 Å². The molecule has 2 atom stereocenters. The second kappa shape index (κ2) is 4.36. The number of hydrogen-bond donors (Lipinski definition) is 1. The molecule has 0 spiro atoms. The summed E-state index contributed by atoms with van der Waals surface area (Å²) in [6.45, 7) is 8.13. The normalized spacial score (nSPS) is 33.8. The number of hydrogen-bond acceptors (Lipinski definition) is 2. The summed E-state index contributed by atoms with van der Waals surface area (Å²) in [5.41, 5.74) is 0. The lowest BCUT2D eigenvalue weighted by Crippen LogP contribution is -2.36. The Morgan fingerprint density at radius 3 is 2.73 bits per heavy atom. The van der Waals surface area contributed by atoms with Crippen LogP contribution in [0, 0.1) is 11.8 Å². The molecule has 0 aromatic rings. The van der Waals surface area contributed by atoms with E-state index in [0.717, 1.165) is 17.9 Å². The Bertz CT molecular complexity index is 114. The first-order chi connectivity index (χ1) is 5.20. The SMILES string of the molecule is CC1CNC(C(C)C)CSC1. The maximum atomic E-state index is 3.61. The molecule has 0 radical (unpaired) electrons. The van der Waals surface area contributed by atoms with Gasteiger partial charge in [0.15, 0.2) is 0 Å². The standard InChI is InChI=1S/C9H19NS/c1-7(2)9-6-11-5-8(3)4-10-9/h7-10H,4-6H2,1-3H3. The van der Waals surface area contributed by atoms with Crippen LogP contribution in [0.5, 0.6) is 0 Å². The Morgan fingerprint density at radius 1 is 1.36 bits per heavy atom. The van der Waals surface area contributed by atoms with Gasteiger partial charge in [0.05, 0.1) is 0 Å². The van der Waals surface area contributed by atoms with E-state index in [2.05, 4.69) is 37.8 Å². The number of nitrogens with one attached hydrogen (secondary N) is 1. The van der Waals surface area contributed by atoms with Gasteiger partial charge in [-0.3, -0.25) is 0 Å². The highest BCUT2D eigenvalue weighted by atomic mass is 32.2. The van der Waals surface area contributed by atoms with Gasteiger partial charge in [0.2, 0.25) is 0 Å². The van der Waals surface area contributed by atoms with Crippen molar-refractivity contribution in [1.29, 1.82) is 0 Å². The fourth-order valence-electron chi connectivity index (χ4n) is 1.29. The summed E-state index contributed by atoms with van der Waals surface area (Å²) in [6.07, 6.45) is 0. The largest absolute Gasteiger partial charge is 0.313 e. The van der Waals surface area contributed by atoms with Gasteiger partial charge < -0.3 is 5.32 Å². The average Bonchev–Trinajstić information content (AvgIpc) is 2.13. The topological polar surface area (TPSA) is 12.0 Å². The molecule has 0 aromatic heterocycles. The molecule has 1 rings (SSSR count). The van der Waals surface area contributed by atoms with Gasteiger partial charge in [-0.15, -0.1) is 0 Å². The molecule has 0 saturated carbocycles. The molecule has 1 nitrogen and oxygen atoms in total. The summed E-state index contributed by atoms with van der Waals surface area (Å²) < 4.78 is 0. The molecule has 0 aromatic carbocycles. The molecule has 11 heavy (non-hydrogen) atoms. The van der Waals surface area contributed by atoms with E-state index >= 15 is 0 Å². The quantitative estimate of drug-likeness (QED) is 0.651. The minimum absolute atomic E-state index is 0.741. The molecule has 1 N–H and O–H groups in total. The molecule has 0 bridgehead atoms. The molecular weight excluding hydrogens is 154 g/mol. The molecule has 1 heterocycles. The van der Waals surface area contributed by atoms with Crippen molar-refractivity contribution in [2.24, 2.45) is 11.8 Å². The Kier molecular flexibility index (Phi) is 3.73. The van der Waals surface area contributed by atoms with Crippen LogP contribution in [0.1, 0.15) is 20.8 Å². The van der Waals surface area contributed by atoms with Crippen LogP contribution in [0.3, 0.4) is 0 Å². The third kappa shape index (κ3) is 3.04. The third-order valence-electron chi connectivity index (χ3n) is 2.23. The molecule has 66 valence electrons. The van der Waals surface area contributed by atoms with Crippen molar-refractivity contribution in [2.45, 2.75) is 26.8 Å². The fourth-order valence-corrected chi connectivity index (χ4v) is 2.71. The van der Waals surface area contributed by atoms with Crippen molar-refractivity contribution >= 4 is 11.8 Å². The smallest absolute Gasteiger partial charge is 0.0181 e. The molecule has 1 saturated heterocycles. The highest BCUT2D eigenvalue weighted by molar-refractivity contribution is 7.99. The summed E-state index contributed by atoms with van der Waals surface area (Å²) in [7, 11) is 0. The van der Waals surface area contributed by atoms with E-state index in [9.17, 15) is 0 Å². The third-order valence-corrected chi connectivity index (χ3v) is 3.63. The zero-order valence-electron chi connectivity index (χ0n) is 7.76. The van der Waals surface area contributed by atoms with Gasteiger partial charge in [0.25, 0.3) is 0 Å². The van der Waals surface area contributed by atoms with Crippen molar-refractivity contribution in [1.82, 2.24) is 5.32 Å². The lowest BCUT2D eigenvalue weighted by Gasteiger charge is -2.19. The van der Waals surface area contributed by atoms with Crippen LogP contribution >= 0.6 is 11.8 Å². The monoisotopic (exact) mass is 173 g/mol. The van der Waals surface area contributed by atoms with Crippen molar-refractivity contribution in [3.8, 4) is 0 Å². The van der Waals surface area contributed by atoms with Crippen LogP contribution in [-0.2, 0) is 0 Å². The van der Waals surface area contributed by atoms with Crippen LogP contribution in [0.15, 0.2) is 0 Å². The average molecular weight is 173 g/mol. The highest BCUT2D eigenvalue weighted by Crippen LogP contribution is 2.17. The van der Waals surface area contributed by atoms with Crippen molar-refractivity contribution < 1.29 is 0 Å². The Balaban J connectivity index is 2.34. The summed E-state index contributed by atoms with van der Waals surface area (Å²) in [4.78, 5) is 0. The Hall–Kier alpha value is 0.310. The van der Waals surface area contributed by atoms with Crippen LogP contribution in [0.2, 0.25) is 0 Å². The lowest BCUT2D eigenvalue weighted by molar-refractivity contribution is 0.416. The van der Waals surface area contributed by atoms with Gasteiger partial charge in [-0.25, -0.2) is 0 Å². The Morgan fingerprint density at radius 2 is 2.09 bits per heavy atom. The Labute approximate surface area is 74.3 Å². The fraction of sp³-hybridized carbons (Fsp3) is 1.00. The lowest BCUT2D eigenvalue weighted by atomic mass is 10.1. The first-order valence-electron chi connectivity index (χ1n) is 4.51. The highest BCUT2D eigenvalue weighted by Gasteiger charge is 2.17.